The molecule has 0 bridgehead atoms. The molecule has 0 amide bonds. The van der Waals surface area contributed by atoms with Crippen LogP contribution in [0.15, 0.2) is 0 Å². The van der Waals surface area contributed by atoms with Crippen LogP contribution in [0.5, 0.6) is 0 Å². The minimum absolute atomic E-state index is 0.962. The standard InChI is InChI=1S/C7H12O5/c1-6(2,4(8)9)7(3,12)5(10)11/h12H,1-3H3,(H,8,9)(H,10,11). The van der Waals surface area contributed by atoms with E-state index in [1.54, 1.807) is 0 Å². The Morgan fingerprint density at radius 1 is 1.00 bits per heavy atom. The first-order valence-corrected chi connectivity index (χ1v) is 3.33. The molecule has 5 heteroatoms. The van der Waals surface area contributed by atoms with E-state index < -0.39 is 23.0 Å². The molecule has 0 rings (SSSR count). The third kappa shape index (κ3) is 1.40. The van der Waals surface area contributed by atoms with E-state index in [9.17, 15) is 14.7 Å². The van der Waals surface area contributed by atoms with Gasteiger partial charge in [-0.25, -0.2) is 4.79 Å². The predicted molar refractivity (Wildman–Crippen MR) is 39.7 cm³/mol. The summed E-state index contributed by atoms with van der Waals surface area (Å²) in [4.78, 5) is 21.0. The van der Waals surface area contributed by atoms with Crippen molar-refractivity contribution in [3.63, 3.8) is 0 Å². The molecule has 1 unspecified atom stereocenters. The molecule has 0 aliphatic carbocycles. The van der Waals surface area contributed by atoms with Gasteiger partial charge >= 0.3 is 11.9 Å². The topological polar surface area (TPSA) is 94.8 Å². The highest BCUT2D eigenvalue weighted by Gasteiger charge is 2.51. The van der Waals surface area contributed by atoms with E-state index in [-0.39, 0.29) is 0 Å². The number of rotatable bonds is 3. The minimum atomic E-state index is -2.27. The number of carboxylic acid groups (broad SMARTS) is 2. The molecule has 0 aromatic carbocycles. The number of hydrogen-bond acceptors (Lipinski definition) is 3. The molecule has 0 saturated carbocycles. The quantitative estimate of drug-likeness (QED) is 0.559. The van der Waals surface area contributed by atoms with E-state index in [4.69, 9.17) is 10.2 Å². The molecule has 0 saturated heterocycles. The monoisotopic (exact) mass is 176 g/mol. The average molecular weight is 176 g/mol. The van der Waals surface area contributed by atoms with Crippen molar-refractivity contribution in [3.05, 3.63) is 0 Å². The molecule has 0 aliphatic rings. The predicted octanol–water partition coefficient (Wildman–Crippen LogP) is -0.0672. The maximum absolute atomic E-state index is 10.5. The van der Waals surface area contributed by atoms with Crippen molar-refractivity contribution in [1.29, 1.82) is 0 Å². The van der Waals surface area contributed by atoms with Gasteiger partial charge in [-0.05, 0) is 20.8 Å². The van der Waals surface area contributed by atoms with Gasteiger partial charge in [-0.2, -0.15) is 0 Å². The summed E-state index contributed by atoms with van der Waals surface area (Å²) in [5, 5.41) is 26.4. The second-order valence-electron chi connectivity index (χ2n) is 3.31. The molecule has 70 valence electrons. The lowest BCUT2D eigenvalue weighted by atomic mass is 9.76. The number of hydrogen-bond donors (Lipinski definition) is 3. The zero-order valence-corrected chi connectivity index (χ0v) is 7.16. The van der Waals surface area contributed by atoms with Crippen LogP contribution in [0.2, 0.25) is 0 Å². The smallest absolute Gasteiger partial charge is 0.336 e. The Hall–Kier alpha value is -1.10. The number of aliphatic hydroxyl groups is 1. The van der Waals surface area contributed by atoms with Crippen molar-refractivity contribution in [3.8, 4) is 0 Å². The Morgan fingerprint density at radius 3 is 1.42 bits per heavy atom. The lowest BCUT2D eigenvalue weighted by Gasteiger charge is -2.32. The van der Waals surface area contributed by atoms with E-state index in [0.29, 0.717) is 0 Å². The molecular formula is C7H12O5. The molecular weight excluding hydrogens is 164 g/mol. The SMILES string of the molecule is CC(C)(C(=O)O)C(C)(O)C(=O)O. The molecule has 12 heavy (non-hydrogen) atoms. The van der Waals surface area contributed by atoms with Gasteiger partial charge in [0.1, 0.15) is 5.41 Å². The second kappa shape index (κ2) is 2.75. The van der Waals surface area contributed by atoms with Gasteiger partial charge in [0.2, 0.25) is 0 Å². The second-order valence-corrected chi connectivity index (χ2v) is 3.31. The van der Waals surface area contributed by atoms with Crippen LogP contribution in [-0.2, 0) is 9.59 Å². The molecule has 0 aliphatic heterocycles. The summed E-state index contributed by atoms with van der Waals surface area (Å²) in [6, 6.07) is 0. The lowest BCUT2D eigenvalue weighted by Crippen LogP contribution is -2.52. The number of aliphatic carboxylic acids is 2. The van der Waals surface area contributed by atoms with Crippen LogP contribution < -0.4 is 0 Å². The highest BCUT2D eigenvalue weighted by molar-refractivity contribution is 5.87. The third-order valence-electron chi connectivity index (χ3n) is 2.17. The van der Waals surface area contributed by atoms with Crippen molar-refractivity contribution < 1.29 is 24.9 Å². The summed E-state index contributed by atoms with van der Waals surface area (Å²) in [5.74, 6) is -2.90. The van der Waals surface area contributed by atoms with E-state index in [1.807, 2.05) is 0 Å². The molecule has 5 nitrogen and oxygen atoms in total. The molecule has 0 spiro atoms. The molecule has 1 atom stereocenters. The van der Waals surface area contributed by atoms with Gasteiger partial charge in [0.25, 0.3) is 0 Å². The van der Waals surface area contributed by atoms with Crippen molar-refractivity contribution >= 4 is 11.9 Å². The Balaban J connectivity index is 5.01. The van der Waals surface area contributed by atoms with Gasteiger partial charge in [0, 0.05) is 0 Å². The molecule has 0 fully saturated rings. The lowest BCUT2D eigenvalue weighted by molar-refractivity contribution is -0.182. The van der Waals surface area contributed by atoms with E-state index >= 15 is 0 Å². The summed E-state index contributed by atoms with van der Waals surface area (Å²) < 4.78 is 0. The van der Waals surface area contributed by atoms with Crippen LogP contribution in [-0.4, -0.2) is 32.9 Å². The summed E-state index contributed by atoms with van der Waals surface area (Å²) >= 11 is 0. The van der Waals surface area contributed by atoms with Crippen LogP contribution >= 0.6 is 0 Å². The van der Waals surface area contributed by atoms with Crippen LogP contribution in [0.4, 0.5) is 0 Å². The van der Waals surface area contributed by atoms with Crippen LogP contribution in [0.25, 0.3) is 0 Å². The van der Waals surface area contributed by atoms with Gasteiger partial charge in [-0.3, -0.25) is 4.79 Å². The summed E-state index contributed by atoms with van der Waals surface area (Å²) in [6.07, 6.45) is 0. The Kier molecular flexibility index (Phi) is 2.49. The van der Waals surface area contributed by atoms with Crippen LogP contribution in [0, 0.1) is 5.41 Å². The van der Waals surface area contributed by atoms with Gasteiger partial charge in [-0.15, -0.1) is 0 Å². The summed E-state index contributed by atoms with van der Waals surface area (Å²) in [7, 11) is 0. The largest absolute Gasteiger partial charge is 0.481 e. The Bertz CT molecular complexity index is 192. The average Bonchev–Trinajstić information content (AvgIpc) is 1.86. The molecule has 3 N–H and O–H groups in total. The minimum Gasteiger partial charge on any atom is -0.481 e. The maximum Gasteiger partial charge on any atom is 0.336 e. The van der Waals surface area contributed by atoms with E-state index in [1.165, 1.54) is 0 Å². The first-order valence-electron chi connectivity index (χ1n) is 3.33. The first-order chi connectivity index (χ1) is 5.14. The van der Waals surface area contributed by atoms with Crippen molar-refractivity contribution in [2.45, 2.75) is 26.4 Å². The Labute approximate surface area is 69.6 Å². The maximum atomic E-state index is 10.5. The van der Waals surface area contributed by atoms with Gasteiger partial charge in [-0.1, -0.05) is 0 Å². The zero-order chi connectivity index (χ0) is 10.2. The Morgan fingerprint density at radius 2 is 1.33 bits per heavy atom. The normalized spacial score (nSPS) is 16.7. The number of carbonyl (C=O) groups is 2. The van der Waals surface area contributed by atoms with Gasteiger partial charge in [0.15, 0.2) is 5.60 Å². The molecule has 0 radical (unpaired) electrons. The van der Waals surface area contributed by atoms with Gasteiger partial charge in [0.05, 0.1) is 0 Å². The fourth-order valence-electron chi connectivity index (χ4n) is 0.476. The van der Waals surface area contributed by atoms with E-state index in [0.717, 1.165) is 20.8 Å². The fourth-order valence-corrected chi connectivity index (χ4v) is 0.476. The van der Waals surface area contributed by atoms with Crippen molar-refractivity contribution in [1.82, 2.24) is 0 Å². The van der Waals surface area contributed by atoms with Crippen molar-refractivity contribution in [2.75, 3.05) is 0 Å². The highest BCUT2D eigenvalue weighted by Crippen LogP contribution is 2.30. The van der Waals surface area contributed by atoms with Crippen molar-refractivity contribution in [2.24, 2.45) is 5.41 Å². The molecule has 0 heterocycles. The molecule has 0 aromatic heterocycles. The molecule has 0 aromatic rings. The first kappa shape index (κ1) is 10.9. The third-order valence-corrected chi connectivity index (χ3v) is 2.17. The fraction of sp³-hybridized carbons (Fsp3) is 0.714. The summed E-state index contributed by atoms with van der Waals surface area (Å²) in [6.45, 7) is 3.27. The van der Waals surface area contributed by atoms with Gasteiger partial charge < -0.3 is 15.3 Å². The summed E-state index contributed by atoms with van der Waals surface area (Å²) in [5.41, 5.74) is -3.97. The van der Waals surface area contributed by atoms with Crippen LogP contribution in [0.3, 0.4) is 0 Å². The zero-order valence-electron chi connectivity index (χ0n) is 7.16. The van der Waals surface area contributed by atoms with E-state index in [2.05, 4.69) is 0 Å². The number of carboxylic acids is 2. The highest BCUT2D eigenvalue weighted by atomic mass is 16.4. The van der Waals surface area contributed by atoms with Crippen LogP contribution in [0.1, 0.15) is 20.8 Å².